The molecule has 4 atom stereocenters. The number of nitrogens with one attached hydrogen (secondary N) is 1. The van der Waals surface area contributed by atoms with E-state index in [1.807, 2.05) is 0 Å². The Bertz CT molecular complexity index is 1300. The number of nitrogens with zero attached hydrogens (tertiary/aromatic N) is 1. The maximum absolute atomic E-state index is 13.8. The minimum absolute atomic E-state index is 0.00719. The number of phenols is 1. The van der Waals surface area contributed by atoms with Crippen molar-refractivity contribution in [3.8, 4) is 5.75 Å². The van der Waals surface area contributed by atoms with Crippen LogP contribution in [0, 0.1) is 17.8 Å². The van der Waals surface area contributed by atoms with E-state index >= 15 is 0 Å². The number of likely N-dealkylation sites (N-methyl/N-ethyl adjacent to an activating group) is 1. The number of fused-ring (bicyclic) bond motifs is 3. The first-order valence-electron chi connectivity index (χ1n) is 12.3. The van der Waals surface area contributed by atoms with E-state index < -0.39 is 58.0 Å². The smallest absolute Gasteiger partial charge is 0.255 e. The number of nitrogens with two attached hydrogens (primary N) is 1. The first-order valence-corrected chi connectivity index (χ1v) is 12.7. The summed E-state index contributed by atoms with van der Waals surface area (Å²) in [5, 5.41) is 48.2. The third-order valence-corrected chi connectivity index (χ3v) is 8.65. The van der Waals surface area contributed by atoms with Crippen molar-refractivity contribution in [3.63, 3.8) is 0 Å². The number of amides is 1. The van der Waals surface area contributed by atoms with Gasteiger partial charge < -0.3 is 31.5 Å². The van der Waals surface area contributed by atoms with Gasteiger partial charge in [-0.15, -0.1) is 0 Å². The van der Waals surface area contributed by atoms with Gasteiger partial charge >= 0.3 is 0 Å². The molecule has 2 fully saturated rings. The van der Waals surface area contributed by atoms with E-state index in [4.69, 9.17) is 17.3 Å². The monoisotopic (exact) mass is 531 g/mol. The zero-order valence-corrected chi connectivity index (χ0v) is 21.3. The van der Waals surface area contributed by atoms with Gasteiger partial charge in [-0.25, -0.2) is 0 Å². The lowest BCUT2D eigenvalue weighted by atomic mass is 9.57. The number of halogens is 1. The fourth-order valence-corrected chi connectivity index (χ4v) is 6.50. The number of rotatable bonds is 6. The summed E-state index contributed by atoms with van der Waals surface area (Å²) in [5.74, 6) is -6.16. The van der Waals surface area contributed by atoms with Crippen LogP contribution in [0.4, 0.5) is 0 Å². The molecule has 2 saturated carbocycles. The molecule has 0 aromatic heterocycles. The van der Waals surface area contributed by atoms with Crippen LogP contribution in [0.3, 0.4) is 0 Å². The molecule has 0 spiro atoms. The molecule has 1 aromatic rings. The molecule has 5 rings (SSSR count). The number of ketones is 2. The molecular formula is C26H30ClN3O7. The lowest BCUT2D eigenvalue weighted by molar-refractivity contribution is -0.153. The first-order chi connectivity index (χ1) is 17.4. The number of carbonyl (C=O) groups excluding carboxylic acids is 3. The highest BCUT2D eigenvalue weighted by molar-refractivity contribution is 6.32. The van der Waals surface area contributed by atoms with Crippen molar-refractivity contribution < 1.29 is 34.8 Å². The molecule has 0 aliphatic heterocycles. The second-order valence-electron chi connectivity index (χ2n) is 10.8. The Kier molecular flexibility index (Phi) is 6.14. The van der Waals surface area contributed by atoms with Gasteiger partial charge in [-0.2, -0.15) is 0 Å². The highest BCUT2D eigenvalue weighted by atomic mass is 35.5. The Morgan fingerprint density at radius 3 is 2.51 bits per heavy atom. The lowest BCUT2D eigenvalue weighted by Gasteiger charge is -2.50. The van der Waals surface area contributed by atoms with Crippen LogP contribution in [0.2, 0.25) is 5.02 Å². The summed E-state index contributed by atoms with van der Waals surface area (Å²) in [6.45, 7) is 1.26. The average Bonchev–Trinajstić information content (AvgIpc) is 3.63. The van der Waals surface area contributed by atoms with Crippen LogP contribution in [0.25, 0.3) is 5.76 Å². The summed E-state index contributed by atoms with van der Waals surface area (Å²) in [6.07, 6.45) is 2.55. The molecule has 198 valence electrons. The number of aromatic hydroxyl groups is 1. The molecular weight excluding hydrogens is 502 g/mol. The zero-order valence-electron chi connectivity index (χ0n) is 20.5. The minimum Gasteiger partial charge on any atom is -0.508 e. The zero-order chi connectivity index (χ0) is 27.0. The van der Waals surface area contributed by atoms with Gasteiger partial charge in [0.1, 0.15) is 22.8 Å². The number of primary amides is 1. The highest BCUT2D eigenvalue weighted by Crippen LogP contribution is 2.53. The largest absolute Gasteiger partial charge is 0.508 e. The molecule has 4 aliphatic carbocycles. The number of aliphatic hydroxyl groups excluding tert-OH is 2. The number of hydrogen-bond acceptors (Lipinski definition) is 9. The van der Waals surface area contributed by atoms with Gasteiger partial charge in [0.05, 0.1) is 11.6 Å². The molecule has 0 saturated heterocycles. The maximum atomic E-state index is 13.8. The van der Waals surface area contributed by atoms with Crippen LogP contribution in [-0.4, -0.2) is 75.1 Å². The molecule has 0 heterocycles. The molecule has 0 bridgehead atoms. The SMILES string of the molecule is CN(C)[C@@H]1C(=O)C(C(N)=O)=C(O)[C@@]2(O)C(=O)C3=C(O)c4c(O)cc(CNCC5CC5)c(Cl)c4C[C@H]3C[C@@H]12. The fourth-order valence-electron chi connectivity index (χ4n) is 6.21. The van der Waals surface area contributed by atoms with Gasteiger partial charge in [0.2, 0.25) is 5.78 Å². The Morgan fingerprint density at radius 2 is 1.92 bits per heavy atom. The molecule has 37 heavy (non-hydrogen) atoms. The highest BCUT2D eigenvalue weighted by Gasteiger charge is 2.64. The van der Waals surface area contributed by atoms with Gasteiger partial charge in [-0.1, -0.05) is 11.6 Å². The van der Waals surface area contributed by atoms with Crippen LogP contribution in [0.1, 0.15) is 36.0 Å². The van der Waals surface area contributed by atoms with Gasteiger partial charge in [-0.05, 0) is 75.4 Å². The normalized spacial score (nSPS) is 29.4. The molecule has 7 N–H and O–H groups in total. The number of Topliss-reactive ketones (excluding diaryl/α,β-unsaturated/α-hetero) is 2. The average molecular weight is 532 g/mol. The van der Waals surface area contributed by atoms with Crippen LogP contribution in [0.5, 0.6) is 5.75 Å². The van der Waals surface area contributed by atoms with E-state index in [1.165, 1.54) is 23.8 Å². The van der Waals surface area contributed by atoms with Gasteiger partial charge in [0, 0.05) is 23.1 Å². The Hall–Kier alpha value is -2.92. The Morgan fingerprint density at radius 1 is 1.24 bits per heavy atom. The number of aliphatic hydroxyl groups is 3. The third-order valence-electron chi connectivity index (χ3n) is 8.17. The van der Waals surface area contributed by atoms with Crippen LogP contribution >= 0.6 is 11.6 Å². The molecule has 10 nitrogen and oxygen atoms in total. The molecule has 4 aliphatic rings. The van der Waals surface area contributed by atoms with Crippen LogP contribution in [0.15, 0.2) is 23.0 Å². The van der Waals surface area contributed by atoms with Crippen molar-refractivity contribution in [2.45, 2.75) is 43.9 Å². The molecule has 0 radical (unpaired) electrons. The van der Waals surface area contributed by atoms with Crippen LogP contribution in [-0.2, 0) is 27.3 Å². The van der Waals surface area contributed by atoms with E-state index in [-0.39, 0.29) is 29.7 Å². The van der Waals surface area contributed by atoms with E-state index in [1.54, 1.807) is 14.1 Å². The Labute approximate surface area is 218 Å². The standard InChI is InChI=1S/C26H30ClN3O7/c1-30(2)20-14-6-11-5-13-17(15(31)7-12(19(13)27)9-29-8-10-3-4-10)21(32)16(11)23(34)26(14,37)24(35)18(22(20)33)25(28)36/h7,10-11,14,20,29,31-32,35,37H,3-6,8-9H2,1-2H3,(H2,28,36)/t11-,14-,20-,26-/m0/s1. The summed E-state index contributed by atoms with van der Waals surface area (Å²) in [7, 11) is 3.12. The topological polar surface area (TPSA) is 173 Å². The fraction of sp³-hybridized carbons (Fsp3) is 0.500. The van der Waals surface area contributed by atoms with Crippen molar-refractivity contribution >= 4 is 34.8 Å². The van der Waals surface area contributed by atoms with Crippen molar-refractivity contribution in [1.29, 1.82) is 0 Å². The van der Waals surface area contributed by atoms with Gasteiger partial charge in [0.15, 0.2) is 11.4 Å². The van der Waals surface area contributed by atoms with Crippen molar-refractivity contribution in [2.24, 2.45) is 23.5 Å². The predicted octanol–water partition coefficient (Wildman–Crippen LogP) is 1.12. The second kappa shape index (κ2) is 8.83. The predicted molar refractivity (Wildman–Crippen MR) is 134 cm³/mol. The summed E-state index contributed by atoms with van der Waals surface area (Å²) >= 11 is 6.73. The van der Waals surface area contributed by atoms with E-state index in [9.17, 15) is 34.8 Å². The number of benzene rings is 1. The van der Waals surface area contributed by atoms with E-state index in [0.717, 1.165) is 6.54 Å². The molecule has 1 aromatic carbocycles. The Balaban J connectivity index is 1.62. The van der Waals surface area contributed by atoms with Crippen molar-refractivity contribution in [2.75, 3.05) is 20.6 Å². The van der Waals surface area contributed by atoms with Gasteiger partial charge in [-0.3, -0.25) is 19.3 Å². The summed E-state index contributed by atoms with van der Waals surface area (Å²) in [5.41, 5.74) is 2.75. The second-order valence-corrected chi connectivity index (χ2v) is 11.1. The van der Waals surface area contributed by atoms with Crippen molar-refractivity contribution in [1.82, 2.24) is 10.2 Å². The maximum Gasteiger partial charge on any atom is 0.255 e. The minimum atomic E-state index is -2.66. The van der Waals surface area contributed by atoms with Crippen molar-refractivity contribution in [3.05, 3.63) is 44.7 Å². The molecule has 1 amide bonds. The first kappa shape index (κ1) is 25.7. The van der Waals surface area contributed by atoms with Gasteiger partial charge in [0.25, 0.3) is 5.91 Å². The van der Waals surface area contributed by atoms with E-state index in [0.29, 0.717) is 28.6 Å². The summed E-state index contributed by atoms with van der Waals surface area (Å²) in [6, 6.07) is 0.312. The number of phenolic OH excluding ortho intramolecular Hbond substituents is 1. The summed E-state index contributed by atoms with van der Waals surface area (Å²) in [4.78, 5) is 40.4. The third kappa shape index (κ3) is 3.77. The summed E-state index contributed by atoms with van der Waals surface area (Å²) < 4.78 is 0. The number of carbonyl (C=O) groups is 3. The molecule has 0 unspecified atom stereocenters. The number of hydrogen-bond donors (Lipinski definition) is 6. The van der Waals surface area contributed by atoms with Crippen LogP contribution < -0.4 is 11.1 Å². The quantitative estimate of drug-likeness (QED) is 0.294. The van der Waals surface area contributed by atoms with E-state index in [2.05, 4.69) is 5.32 Å². The molecule has 11 heteroatoms. The lowest BCUT2D eigenvalue weighted by Crippen LogP contribution is -2.65.